The molecule has 3 amide bonds. The van der Waals surface area contributed by atoms with Gasteiger partial charge in [-0.25, -0.2) is 9.78 Å². The van der Waals surface area contributed by atoms with E-state index in [1.54, 1.807) is 43.2 Å². The Kier molecular flexibility index (Phi) is 5.76. The summed E-state index contributed by atoms with van der Waals surface area (Å²) in [6.45, 7) is 2.61. The number of para-hydroxylation sites is 1. The van der Waals surface area contributed by atoms with Crippen LogP contribution in [0.2, 0.25) is 0 Å². The molecule has 1 aliphatic heterocycles. The summed E-state index contributed by atoms with van der Waals surface area (Å²) in [5.41, 5.74) is 1.59. The van der Waals surface area contributed by atoms with Crippen LogP contribution in [0, 0.1) is 6.92 Å². The standard InChI is InChI=1S/C20H21N5O5S/c1-11-9-14(24-30-11)18(26)23-19-21-12-7-8-25(10-16(12)31-19)20(27)22-13-5-4-6-15(28-2)17(13)29-3/h4-6,9H,7-8,10H2,1-3H3,(H,22,27)(H,21,23,26). The Bertz CT molecular complexity index is 1130. The van der Waals surface area contributed by atoms with Gasteiger partial charge in [0.05, 0.1) is 32.1 Å². The van der Waals surface area contributed by atoms with Crippen molar-refractivity contribution in [3.8, 4) is 11.5 Å². The van der Waals surface area contributed by atoms with Crippen LogP contribution in [-0.4, -0.2) is 47.7 Å². The van der Waals surface area contributed by atoms with Gasteiger partial charge in [0.15, 0.2) is 22.3 Å². The normalized spacial score (nSPS) is 12.8. The minimum atomic E-state index is -0.386. The van der Waals surface area contributed by atoms with E-state index in [-0.39, 0.29) is 17.6 Å². The van der Waals surface area contributed by atoms with Gasteiger partial charge in [-0.3, -0.25) is 10.1 Å². The quantitative estimate of drug-likeness (QED) is 0.621. The summed E-state index contributed by atoms with van der Waals surface area (Å²) in [5, 5.41) is 9.78. The molecule has 2 N–H and O–H groups in total. The van der Waals surface area contributed by atoms with Gasteiger partial charge in [-0.05, 0) is 19.1 Å². The Morgan fingerprint density at radius 2 is 2.06 bits per heavy atom. The Morgan fingerprint density at radius 1 is 1.23 bits per heavy atom. The molecule has 0 radical (unpaired) electrons. The summed E-state index contributed by atoms with van der Waals surface area (Å²) in [6.07, 6.45) is 0.591. The van der Waals surface area contributed by atoms with Crippen molar-refractivity contribution in [1.82, 2.24) is 15.0 Å². The average Bonchev–Trinajstić information content (AvgIpc) is 3.38. The zero-order valence-corrected chi connectivity index (χ0v) is 18.0. The minimum absolute atomic E-state index is 0.193. The summed E-state index contributed by atoms with van der Waals surface area (Å²) >= 11 is 1.34. The lowest BCUT2D eigenvalue weighted by Crippen LogP contribution is -2.38. The lowest BCUT2D eigenvalue weighted by atomic mass is 10.2. The SMILES string of the molecule is COc1cccc(NC(=O)N2CCc3nc(NC(=O)c4cc(C)on4)sc3C2)c1OC. The monoisotopic (exact) mass is 443 g/mol. The van der Waals surface area contributed by atoms with E-state index < -0.39 is 0 Å². The van der Waals surface area contributed by atoms with Gasteiger partial charge in [0.1, 0.15) is 5.76 Å². The lowest BCUT2D eigenvalue weighted by molar-refractivity contribution is 0.101. The first-order valence-electron chi connectivity index (χ1n) is 9.48. The number of thiazole rings is 1. The van der Waals surface area contributed by atoms with Crippen molar-refractivity contribution in [2.45, 2.75) is 19.9 Å². The number of fused-ring (bicyclic) bond motifs is 1. The number of nitrogens with zero attached hydrogens (tertiary/aromatic N) is 3. The van der Waals surface area contributed by atoms with Crippen LogP contribution in [0.4, 0.5) is 15.6 Å². The number of nitrogens with one attached hydrogen (secondary N) is 2. The number of amides is 3. The molecule has 0 atom stereocenters. The van der Waals surface area contributed by atoms with E-state index in [1.807, 2.05) is 0 Å². The van der Waals surface area contributed by atoms with Crippen LogP contribution >= 0.6 is 11.3 Å². The molecule has 0 fully saturated rings. The zero-order chi connectivity index (χ0) is 22.0. The Labute approximate surface area is 182 Å². The van der Waals surface area contributed by atoms with Gasteiger partial charge in [0.25, 0.3) is 5.91 Å². The highest BCUT2D eigenvalue weighted by Gasteiger charge is 2.26. The minimum Gasteiger partial charge on any atom is -0.493 e. The average molecular weight is 443 g/mol. The van der Waals surface area contributed by atoms with Crippen molar-refractivity contribution in [2.75, 3.05) is 31.4 Å². The number of rotatable bonds is 5. The second-order valence-corrected chi connectivity index (χ2v) is 7.89. The van der Waals surface area contributed by atoms with Crippen molar-refractivity contribution in [2.24, 2.45) is 0 Å². The molecule has 10 nitrogen and oxygen atoms in total. The highest BCUT2D eigenvalue weighted by Crippen LogP contribution is 2.35. The van der Waals surface area contributed by atoms with Crippen LogP contribution in [0.5, 0.6) is 11.5 Å². The fourth-order valence-electron chi connectivity index (χ4n) is 3.24. The van der Waals surface area contributed by atoms with Crippen LogP contribution in [0.15, 0.2) is 28.8 Å². The van der Waals surface area contributed by atoms with E-state index in [0.717, 1.165) is 10.6 Å². The maximum Gasteiger partial charge on any atom is 0.322 e. The maximum absolute atomic E-state index is 12.8. The highest BCUT2D eigenvalue weighted by molar-refractivity contribution is 7.15. The number of urea groups is 1. The van der Waals surface area contributed by atoms with Gasteiger partial charge in [-0.2, -0.15) is 0 Å². The second-order valence-electron chi connectivity index (χ2n) is 6.81. The van der Waals surface area contributed by atoms with E-state index in [4.69, 9.17) is 14.0 Å². The molecule has 2 aromatic heterocycles. The number of aromatic nitrogens is 2. The molecule has 1 aromatic carbocycles. The van der Waals surface area contributed by atoms with Gasteiger partial charge < -0.3 is 24.2 Å². The summed E-state index contributed by atoms with van der Waals surface area (Å²) in [6, 6.07) is 6.59. The van der Waals surface area contributed by atoms with E-state index >= 15 is 0 Å². The summed E-state index contributed by atoms with van der Waals surface area (Å²) in [4.78, 5) is 32.2. The Hall–Kier alpha value is -3.60. The van der Waals surface area contributed by atoms with Gasteiger partial charge in [0, 0.05) is 23.9 Å². The summed E-state index contributed by atoms with van der Waals surface area (Å²) in [5.74, 6) is 1.16. The van der Waals surface area contributed by atoms with Crippen LogP contribution in [0.25, 0.3) is 0 Å². The van der Waals surface area contributed by atoms with Crippen molar-refractivity contribution >= 4 is 34.1 Å². The third-order valence-electron chi connectivity index (χ3n) is 4.74. The highest BCUT2D eigenvalue weighted by atomic mass is 32.1. The smallest absolute Gasteiger partial charge is 0.322 e. The maximum atomic E-state index is 12.8. The predicted octanol–water partition coefficient (Wildman–Crippen LogP) is 3.30. The van der Waals surface area contributed by atoms with Crippen LogP contribution in [-0.2, 0) is 13.0 Å². The molecule has 0 spiro atoms. The topological polar surface area (TPSA) is 119 Å². The summed E-state index contributed by atoms with van der Waals surface area (Å²) in [7, 11) is 3.06. The van der Waals surface area contributed by atoms with Crippen molar-refractivity contribution in [3.63, 3.8) is 0 Å². The Balaban J connectivity index is 1.43. The van der Waals surface area contributed by atoms with Crippen LogP contribution < -0.4 is 20.1 Å². The molecule has 0 unspecified atom stereocenters. The van der Waals surface area contributed by atoms with Crippen molar-refractivity contribution in [1.29, 1.82) is 0 Å². The van der Waals surface area contributed by atoms with E-state index in [1.165, 1.54) is 18.4 Å². The molecule has 3 aromatic rings. The van der Waals surface area contributed by atoms with Gasteiger partial charge in [0.2, 0.25) is 0 Å². The number of ether oxygens (including phenoxy) is 2. The van der Waals surface area contributed by atoms with E-state index in [9.17, 15) is 9.59 Å². The molecule has 4 rings (SSSR count). The molecule has 31 heavy (non-hydrogen) atoms. The fourth-order valence-corrected chi connectivity index (χ4v) is 4.26. The first kappa shape index (κ1) is 20.7. The first-order valence-corrected chi connectivity index (χ1v) is 10.3. The number of hydrogen-bond donors (Lipinski definition) is 2. The molecule has 162 valence electrons. The number of benzene rings is 1. The van der Waals surface area contributed by atoms with Gasteiger partial charge in [-0.15, -0.1) is 0 Å². The van der Waals surface area contributed by atoms with Crippen molar-refractivity contribution < 1.29 is 23.6 Å². The fraction of sp³-hybridized carbons (Fsp3) is 0.300. The van der Waals surface area contributed by atoms with Crippen molar-refractivity contribution in [3.05, 3.63) is 46.3 Å². The van der Waals surface area contributed by atoms with Gasteiger partial charge in [-0.1, -0.05) is 22.6 Å². The number of methoxy groups -OCH3 is 2. The number of carbonyl (C=O) groups excluding carboxylic acids is 2. The first-order chi connectivity index (χ1) is 15.0. The molecule has 1 aliphatic rings. The van der Waals surface area contributed by atoms with Crippen LogP contribution in [0.3, 0.4) is 0 Å². The molecule has 0 saturated carbocycles. The third kappa shape index (κ3) is 4.31. The van der Waals surface area contributed by atoms with E-state index in [2.05, 4.69) is 20.8 Å². The molecular weight excluding hydrogens is 422 g/mol. The number of hydrogen-bond acceptors (Lipinski definition) is 8. The Morgan fingerprint density at radius 3 is 2.77 bits per heavy atom. The third-order valence-corrected chi connectivity index (χ3v) is 5.74. The molecule has 3 heterocycles. The second kappa shape index (κ2) is 8.64. The van der Waals surface area contributed by atoms with E-state index in [0.29, 0.717) is 47.6 Å². The molecule has 0 aliphatic carbocycles. The lowest BCUT2D eigenvalue weighted by Gasteiger charge is -2.26. The number of anilines is 2. The number of carbonyl (C=O) groups is 2. The summed E-state index contributed by atoms with van der Waals surface area (Å²) < 4.78 is 15.6. The number of aryl methyl sites for hydroxylation is 1. The molecule has 0 bridgehead atoms. The van der Waals surface area contributed by atoms with Gasteiger partial charge >= 0.3 is 6.03 Å². The predicted molar refractivity (Wildman–Crippen MR) is 114 cm³/mol. The largest absolute Gasteiger partial charge is 0.493 e. The zero-order valence-electron chi connectivity index (χ0n) is 17.2. The molecular formula is C20H21N5O5S. The van der Waals surface area contributed by atoms with Crippen LogP contribution in [0.1, 0.15) is 26.8 Å². The molecule has 11 heteroatoms. The molecule has 0 saturated heterocycles.